The van der Waals surface area contributed by atoms with Gasteiger partial charge in [0.15, 0.2) is 0 Å². The highest BCUT2D eigenvalue weighted by Crippen LogP contribution is 2.25. The van der Waals surface area contributed by atoms with Crippen molar-refractivity contribution in [1.82, 2.24) is 14.3 Å². The zero-order valence-electron chi connectivity index (χ0n) is 14.8. The van der Waals surface area contributed by atoms with Crippen LogP contribution in [0.3, 0.4) is 0 Å². The molecule has 5 nitrogen and oxygen atoms in total. The first-order valence-electron chi connectivity index (χ1n) is 8.41. The van der Waals surface area contributed by atoms with Gasteiger partial charge in [-0.05, 0) is 60.1 Å². The summed E-state index contributed by atoms with van der Waals surface area (Å²) < 4.78 is 40.3. The van der Waals surface area contributed by atoms with Gasteiger partial charge in [0.1, 0.15) is 5.82 Å². The lowest BCUT2D eigenvalue weighted by atomic mass is 10.1. The van der Waals surface area contributed by atoms with E-state index in [0.717, 1.165) is 11.1 Å². The maximum Gasteiger partial charge on any atom is 0.242 e. The lowest BCUT2D eigenvalue weighted by molar-refractivity contribution is 0.591. The Kier molecular flexibility index (Phi) is 5.83. The third kappa shape index (κ3) is 4.69. The van der Waals surface area contributed by atoms with Crippen molar-refractivity contribution in [3.8, 4) is 11.3 Å². The summed E-state index contributed by atoms with van der Waals surface area (Å²) in [6.07, 6.45) is 8.24. The molecule has 7 heteroatoms. The summed E-state index contributed by atoms with van der Waals surface area (Å²) in [6, 6.07) is 11.2. The Bertz CT molecular complexity index is 1030. The molecule has 0 saturated carbocycles. The Morgan fingerprint density at radius 1 is 1.22 bits per heavy atom. The molecule has 2 heterocycles. The summed E-state index contributed by atoms with van der Waals surface area (Å²) in [5.41, 5.74) is 2.81. The average molecular weight is 385 g/mol. The third-order valence-corrected chi connectivity index (χ3v) is 5.48. The van der Waals surface area contributed by atoms with E-state index in [9.17, 15) is 12.8 Å². The molecule has 3 aromatic rings. The first kappa shape index (κ1) is 19.0. The first-order chi connectivity index (χ1) is 13.0. The predicted molar refractivity (Wildman–Crippen MR) is 105 cm³/mol. The van der Waals surface area contributed by atoms with E-state index in [1.54, 1.807) is 62.1 Å². The zero-order valence-corrected chi connectivity index (χ0v) is 15.7. The van der Waals surface area contributed by atoms with Crippen LogP contribution in [0, 0.1) is 5.82 Å². The largest absolute Gasteiger partial charge is 0.316 e. The molecule has 27 heavy (non-hydrogen) atoms. The molecule has 0 amide bonds. The summed E-state index contributed by atoms with van der Waals surface area (Å²) in [4.78, 5) is 4.00. The second-order valence-corrected chi connectivity index (χ2v) is 7.92. The third-order valence-electron chi connectivity index (χ3n) is 3.96. The van der Waals surface area contributed by atoms with Gasteiger partial charge in [0.05, 0.1) is 11.4 Å². The average Bonchev–Trinajstić information content (AvgIpc) is 3.08. The van der Waals surface area contributed by atoms with Crippen LogP contribution in [0.4, 0.5) is 4.39 Å². The number of aromatic nitrogens is 2. The minimum atomic E-state index is -3.63. The molecule has 1 N–H and O–H groups in total. The van der Waals surface area contributed by atoms with Crippen molar-refractivity contribution in [3.63, 3.8) is 0 Å². The van der Waals surface area contributed by atoms with Crippen molar-refractivity contribution >= 4 is 16.1 Å². The van der Waals surface area contributed by atoms with Gasteiger partial charge in [-0.15, -0.1) is 0 Å². The predicted octanol–water partition coefficient (Wildman–Crippen LogP) is 3.30. The van der Waals surface area contributed by atoms with Crippen LogP contribution >= 0.6 is 0 Å². The molecule has 0 bridgehead atoms. The molecule has 0 saturated heterocycles. The van der Waals surface area contributed by atoms with Gasteiger partial charge >= 0.3 is 0 Å². The number of nitrogens with zero attached hydrogens (tertiary/aromatic N) is 2. The van der Waals surface area contributed by atoms with E-state index in [1.165, 1.54) is 16.1 Å². The number of hydrogen-bond donors (Lipinski definition) is 1. The molecular formula is C20H20FN3O2S. The Balaban J connectivity index is 1.93. The topological polar surface area (TPSA) is 64.0 Å². The SMILES string of the molecule is CNCc1cc(-c2ccc(F)cc2)n(S(=O)(=O)CC=Cc2cccnc2)c1. The quantitative estimate of drug-likeness (QED) is 0.678. The number of rotatable bonds is 7. The molecule has 0 aliphatic heterocycles. The standard InChI is InChI=1S/C20H20FN3O2S/c1-22-13-17-12-20(18-6-8-19(21)9-7-18)24(15-17)27(25,26)11-3-5-16-4-2-10-23-14-16/h2-10,12,14-15,22H,11,13H2,1H3. The lowest BCUT2D eigenvalue weighted by Crippen LogP contribution is -2.15. The van der Waals surface area contributed by atoms with Gasteiger partial charge in [-0.1, -0.05) is 18.2 Å². The van der Waals surface area contributed by atoms with E-state index in [0.29, 0.717) is 17.8 Å². The summed E-state index contributed by atoms with van der Waals surface area (Å²) in [6.45, 7) is 0.530. The lowest BCUT2D eigenvalue weighted by Gasteiger charge is -2.09. The van der Waals surface area contributed by atoms with Gasteiger partial charge < -0.3 is 5.32 Å². The van der Waals surface area contributed by atoms with Gasteiger partial charge in [0.25, 0.3) is 0 Å². The van der Waals surface area contributed by atoms with Crippen LogP contribution in [0.25, 0.3) is 17.3 Å². The molecule has 2 aromatic heterocycles. The van der Waals surface area contributed by atoms with E-state index in [-0.39, 0.29) is 11.6 Å². The van der Waals surface area contributed by atoms with Gasteiger partial charge in [-0.3, -0.25) is 4.98 Å². The van der Waals surface area contributed by atoms with Crippen LogP contribution < -0.4 is 5.32 Å². The molecule has 140 valence electrons. The van der Waals surface area contributed by atoms with Crippen LogP contribution in [0.2, 0.25) is 0 Å². The fourth-order valence-electron chi connectivity index (χ4n) is 2.72. The summed E-state index contributed by atoms with van der Waals surface area (Å²) >= 11 is 0. The van der Waals surface area contributed by atoms with Gasteiger partial charge in [0.2, 0.25) is 10.0 Å². The van der Waals surface area contributed by atoms with E-state index in [4.69, 9.17) is 0 Å². The fourth-order valence-corrected chi connectivity index (χ4v) is 3.97. The van der Waals surface area contributed by atoms with Crippen LogP contribution in [0.15, 0.2) is 67.1 Å². The highest BCUT2D eigenvalue weighted by Gasteiger charge is 2.18. The van der Waals surface area contributed by atoms with E-state index in [1.807, 2.05) is 6.07 Å². The van der Waals surface area contributed by atoms with Crippen molar-refractivity contribution in [2.45, 2.75) is 6.54 Å². The Morgan fingerprint density at radius 2 is 2.00 bits per heavy atom. The minimum Gasteiger partial charge on any atom is -0.316 e. The maximum atomic E-state index is 13.2. The molecular weight excluding hydrogens is 365 g/mol. The Labute approximate surface area is 158 Å². The van der Waals surface area contributed by atoms with Gasteiger partial charge in [-0.2, -0.15) is 0 Å². The molecule has 0 spiro atoms. The molecule has 0 aliphatic carbocycles. The summed E-state index contributed by atoms with van der Waals surface area (Å²) in [7, 11) is -1.84. The van der Waals surface area contributed by atoms with Crippen LogP contribution in [0.5, 0.6) is 0 Å². The minimum absolute atomic E-state index is 0.163. The monoisotopic (exact) mass is 385 g/mol. The first-order valence-corrected chi connectivity index (χ1v) is 10.0. The van der Waals surface area contributed by atoms with Crippen molar-refractivity contribution in [1.29, 1.82) is 0 Å². The molecule has 0 radical (unpaired) electrons. The second-order valence-electron chi connectivity index (χ2n) is 6.03. The van der Waals surface area contributed by atoms with Crippen molar-refractivity contribution < 1.29 is 12.8 Å². The molecule has 0 atom stereocenters. The van der Waals surface area contributed by atoms with E-state index >= 15 is 0 Å². The molecule has 0 unspecified atom stereocenters. The van der Waals surface area contributed by atoms with Crippen LogP contribution in [-0.2, 0) is 16.6 Å². The smallest absolute Gasteiger partial charge is 0.242 e. The van der Waals surface area contributed by atoms with Crippen molar-refractivity contribution in [2.24, 2.45) is 0 Å². The number of hydrogen-bond acceptors (Lipinski definition) is 4. The number of nitrogens with one attached hydrogen (secondary N) is 1. The molecule has 0 fully saturated rings. The summed E-state index contributed by atoms with van der Waals surface area (Å²) in [5.74, 6) is -0.529. The Morgan fingerprint density at radius 3 is 2.67 bits per heavy atom. The molecule has 3 rings (SSSR count). The van der Waals surface area contributed by atoms with Crippen LogP contribution in [-0.4, -0.2) is 30.2 Å². The Hall–Kier alpha value is -2.77. The zero-order chi connectivity index (χ0) is 19.3. The maximum absolute atomic E-state index is 13.2. The van der Waals surface area contributed by atoms with E-state index in [2.05, 4.69) is 10.3 Å². The number of halogens is 1. The van der Waals surface area contributed by atoms with E-state index < -0.39 is 10.0 Å². The number of benzene rings is 1. The number of pyridine rings is 1. The normalized spacial score (nSPS) is 11.9. The summed E-state index contributed by atoms with van der Waals surface area (Å²) in [5, 5.41) is 3.01. The molecule has 1 aromatic carbocycles. The van der Waals surface area contributed by atoms with Gasteiger partial charge in [0, 0.05) is 25.1 Å². The highest BCUT2D eigenvalue weighted by atomic mass is 32.2. The molecule has 0 aliphatic rings. The second kappa shape index (κ2) is 8.28. The fraction of sp³-hybridized carbons (Fsp3) is 0.150. The highest BCUT2D eigenvalue weighted by molar-refractivity contribution is 7.90. The van der Waals surface area contributed by atoms with Crippen molar-refractivity contribution in [2.75, 3.05) is 12.8 Å². The van der Waals surface area contributed by atoms with Crippen LogP contribution in [0.1, 0.15) is 11.1 Å². The van der Waals surface area contributed by atoms with Gasteiger partial charge in [-0.25, -0.2) is 16.8 Å². The van der Waals surface area contributed by atoms with Crippen molar-refractivity contribution in [3.05, 3.63) is 84.1 Å².